The molecule has 1 aromatic heterocycles. The van der Waals surface area contributed by atoms with E-state index in [1.807, 2.05) is 26.0 Å². The monoisotopic (exact) mass is 258 g/mol. The van der Waals surface area contributed by atoms with E-state index >= 15 is 0 Å². The number of fused-ring (bicyclic) bond motifs is 1. The standard InChI is InChI=1S/C16H22N2O/c1-4-19-15-7-5-6-14-13(8-11(2)10-17)9-12(3)18-16(14)15/h5-7,9,11H,4,8,10,17H2,1-3H3. The molecule has 2 rings (SSSR count). The van der Waals surface area contributed by atoms with Crippen molar-refractivity contribution in [2.75, 3.05) is 13.2 Å². The highest BCUT2D eigenvalue weighted by molar-refractivity contribution is 5.87. The number of ether oxygens (including phenoxy) is 1. The topological polar surface area (TPSA) is 48.1 Å². The lowest BCUT2D eigenvalue weighted by atomic mass is 9.97. The third-order valence-electron chi connectivity index (χ3n) is 3.29. The van der Waals surface area contributed by atoms with E-state index in [1.165, 1.54) is 10.9 Å². The smallest absolute Gasteiger partial charge is 0.145 e. The molecule has 1 atom stereocenters. The van der Waals surface area contributed by atoms with E-state index in [0.717, 1.165) is 23.4 Å². The van der Waals surface area contributed by atoms with E-state index in [9.17, 15) is 0 Å². The maximum absolute atomic E-state index is 5.74. The van der Waals surface area contributed by atoms with Crippen LogP contribution in [0.1, 0.15) is 25.1 Å². The molecule has 1 heterocycles. The van der Waals surface area contributed by atoms with Crippen LogP contribution in [-0.2, 0) is 6.42 Å². The molecular formula is C16H22N2O. The fourth-order valence-electron chi connectivity index (χ4n) is 2.33. The van der Waals surface area contributed by atoms with E-state index in [2.05, 4.69) is 24.0 Å². The Hall–Kier alpha value is -1.61. The Morgan fingerprint density at radius 3 is 2.84 bits per heavy atom. The number of benzene rings is 1. The molecule has 0 aliphatic heterocycles. The van der Waals surface area contributed by atoms with Crippen LogP contribution >= 0.6 is 0 Å². The lowest BCUT2D eigenvalue weighted by molar-refractivity contribution is 0.343. The molecule has 0 spiro atoms. The van der Waals surface area contributed by atoms with Gasteiger partial charge in [0.25, 0.3) is 0 Å². The second-order valence-corrected chi connectivity index (χ2v) is 5.05. The number of aromatic nitrogens is 1. The molecule has 102 valence electrons. The number of nitrogens with two attached hydrogens (primary N) is 1. The molecule has 0 saturated heterocycles. The Bertz CT molecular complexity index is 566. The molecule has 0 radical (unpaired) electrons. The van der Waals surface area contributed by atoms with Gasteiger partial charge in [0.15, 0.2) is 0 Å². The molecule has 0 bridgehead atoms. The first-order valence-electron chi connectivity index (χ1n) is 6.87. The molecule has 1 unspecified atom stereocenters. The molecule has 1 aromatic carbocycles. The van der Waals surface area contributed by atoms with E-state index in [1.54, 1.807) is 0 Å². The Labute approximate surface area is 114 Å². The molecule has 3 heteroatoms. The molecule has 2 N–H and O–H groups in total. The van der Waals surface area contributed by atoms with Gasteiger partial charge in [-0.3, -0.25) is 0 Å². The minimum atomic E-state index is 0.473. The molecule has 0 amide bonds. The first kappa shape index (κ1) is 13.8. The summed E-state index contributed by atoms with van der Waals surface area (Å²) in [5.74, 6) is 1.34. The van der Waals surface area contributed by atoms with Crippen molar-refractivity contribution in [2.45, 2.75) is 27.2 Å². The Morgan fingerprint density at radius 1 is 1.37 bits per heavy atom. The van der Waals surface area contributed by atoms with Crippen molar-refractivity contribution in [3.63, 3.8) is 0 Å². The molecule has 0 aliphatic rings. The third-order valence-corrected chi connectivity index (χ3v) is 3.29. The summed E-state index contributed by atoms with van der Waals surface area (Å²) < 4.78 is 5.67. The minimum Gasteiger partial charge on any atom is -0.492 e. The number of hydrogen-bond donors (Lipinski definition) is 1. The van der Waals surface area contributed by atoms with Gasteiger partial charge in [-0.05, 0) is 50.4 Å². The summed E-state index contributed by atoms with van der Waals surface area (Å²) in [6.45, 7) is 7.55. The highest BCUT2D eigenvalue weighted by Gasteiger charge is 2.10. The number of nitrogens with zero attached hydrogens (tertiary/aromatic N) is 1. The summed E-state index contributed by atoms with van der Waals surface area (Å²) in [4.78, 5) is 4.63. The number of pyridine rings is 1. The summed E-state index contributed by atoms with van der Waals surface area (Å²) in [7, 11) is 0. The van der Waals surface area contributed by atoms with E-state index < -0.39 is 0 Å². The van der Waals surface area contributed by atoms with Gasteiger partial charge in [-0.15, -0.1) is 0 Å². The van der Waals surface area contributed by atoms with Crippen molar-refractivity contribution in [1.82, 2.24) is 4.98 Å². The second kappa shape index (κ2) is 6.02. The number of aryl methyl sites for hydroxylation is 1. The van der Waals surface area contributed by atoms with Crippen LogP contribution in [0.15, 0.2) is 24.3 Å². The van der Waals surface area contributed by atoms with E-state index in [0.29, 0.717) is 19.1 Å². The molecule has 2 aromatic rings. The Morgan fingerprint density at radius 2 is 2.16 bits per heavy atom. The summed E-state index contributed by atoms with van der Waals surface area (Å²) in [5.41, 5.74) is 9.04. The summed E-state index contributed by atoms with van der Waals surface area (Å²) in [6, 6.07) is 8.28. The van der Waals surface area contributed by atoms with E-state index in [4.69, 9.17) is 10.5 Å². The predicted octanol–water partition coefficient (Wildman–Crippen LogP) is 3.08. The van der Waals surface area contributed by atoms with Gasteiger partial charge < -0.3 is 10.5 Å². The molecular weight excluding hydrogens is 236 g/mol. The van der Waals surface area contributed by atoms with Crippen molar-refractivity contribution >= 4 is 10.9 Å². The van der Waals surface area contributed by atoms with Gasteiger partial charge in [0.05, 0.1) is 6.61 Å². The zero-order valence-electron chi connectivity index (χ0n) is 11.9. The van der Waals surface area contributed by atoms with Crippen LogP contribution < -0.4 is 10.5 Å². The maximum Gasteiger partial charge on any atom is 0.145 e. The average Bonchev–Trinajstić information content (AvgIpc) is 2.39. The summed E-state index contributed by atoms with van der Waals surface area (Å²) in [6.07, 6.45) is 0.978. The zero-order chi connectivity index (χ0) is 13.8. The van der Waals surface area contributed by atoms with Crippen molar-refractivity contribution in [1.29, 1.82) is 0 Å². The first-order chi connectivity index (χ1) is 9.15. The summed E-state index contributed by atoms with van der Waals surface area (Å²) in [5, 5.41) is 1.18. The van der Waals surface area contributed by atoms with Crippen LogP contribution in [0, 0.1) is 12.8 Å². The fraction of sp³-hybridized carbons (Fsp3) is 0.438. The lowest BCUT2D eigenvalue weighted by Gasteiger charge is -2.14. The normalized spacial score (nSPS) is 12.6. The highest BCUT2D eigenvalue weighted by Crippen LogP contribution is 2.28. The lowest BCUT2D eigenvalue weighted by Crippen LogP contribution is -2.13. The quantitative estimate of drug-likeness (QED) is 0.896. The van der Waals surface area contributed by atoms with Crippen molar-refractivity contribution in [2.24, 2.45) is 11.7 Å². The van der Waals surface area contributed by atoms with Gasteiger partial charge in [-0.1, -0.05) is 19.1 Å². The Kier molecular flexibility index (Phi) is 4.38. The van der Waals surface area contributed by atoms with Gasteiger partial charge >= 0.3 is 0 Å². The van der Waals surface area contributed by atoms with Gasteiger partial charge in [-0.2, -0.15) is 0 Å². The van der Waals surface area contributed by atoms with Crippen LogP contribution in [0.3, 0.4) is 0 Å². The molecule has 19 heavy (non-hydrogen) atoms. The largest absolute Gasteiger partial charge is 0.492 e. The van der Waals surface area contributed by atoms with E-state index in [-0.39, 0.29) is 0 Å². The van der Waals surface area contributed by atoms with Gasteiger partial charge in [0.2, 0.25) is 0 Å². The molecule has 0 aliphatic carbocycles. The summed E-state index contributed by atoms with van der Waals surface area (Å²) >= 11 is 0. The third kappa shape index (κ3) is 3.04. The van der Waals surface area contributed by atoms with Gasteiger partial charge in [0, 0.05) is 11.1 Å². The van der Waals surface area contributed by atoms with Crippen LogP contribution in [0.2, 0.25) is 0 Å². The highest BCUT2D eigenvalue weighted by atomic mass is 16.5. The average molecular weight is 258 g/mol. The first-order valence-corrected chi connectivity index (χ1v) is 6.87. The minimum absolute atomic E-state index is 0.473. The van der Waals surface area contributed by atoms with Crippen LogP contribution in [0.5, 0.6) is 5.75 Å². The van der Waals surface area contributed by atoms with Crippen molar-refractivity contribution < 1.29 is 4.74 Å². The van der Waals surface area contributed by atoms with Crippen LogP contribution in [-0.4, -0.2) is 18.1 Å². The fourth-order valence-corrected chi connectivity index (χ4v) is 2.33. The molecule has 0 fully saturated rings. The zero-order valence-corrected chi connectivity index (χ0v) is 11.9. The second-order valence-electron chi connectivity index (χ2n) is 5.05. The number of rotatable bonds is 5. The van der Waals surface area contributed by atoms with Crippen molar-refractivity contribution in [3.8, 4) is 5.75 Å². The molecule has 0 saturated carbocycles. The number of para-hydroxylation sites is 1. The maximum atomic E-state index is 5.74. The van der Waals surface area contributed by atoms with Crippen LogP contribution in [0.4, 0.5) is 0 Å². The van der Waals surface area contributed by atoms with Gasteiger partial charge in [0.1, 0.15) is 11.3 Å². The number of hydrogen-bond acceptors (Lipinski definition) is 3. The predicted molar refractivity (Wildman–Crippen MR) is 79.6 cm³/mol. The Balaban J connectivity index is 2.55. The van der Waals surface area contributed by atoms with Crippen LogP contribution in [0.25, 0.3) is 10.9 Å². The van der Waals surface area contributed by atoms with Gasteiger partial charge in [-0.25, -0.2) is 4.98 Å². The SMILES string of the molecule is CCOc1cccc2c(CC(C)CN)cc(C)nc12. The molecule has 3 nitrogen and oxygen atoms in total. The van der Waals surface area contributed by atoms with Crippen molar-refractivity contribution in [3.05, 3.63) is 35.5 Å².